The van der Waals surface area contributed by atoms with Crippen molar-refractivity contribution >= 4 is 11.8 Å². The molecular formula is C30H46O4. The summed E-state index contributed by atoms with van der Waals surface area (Å²) in [5.41, 5.74) is 3.87. The molecule has 0 aliphatic heterocycles. The predicted octanol–water partition coefficient (Wildman–Crippen LogP) is 6.72. The number of carboxylic acid groups (broad SMARTS) is 1. The molecule has 0 aromatic heterocycles. The normalized spacial score (nSPS) is 41.4. The van der Waals surface area contributed by atoms with E-state index in [0.29, 0.717) is 36.0 Å². The molecule has 0 amide bonds. The van der Waals surface area contributed by atoms with E-state index in [4.69, 9.17) is 5.11 Å². The summed E-state index contributed by atoms with van der Waals surface area (Å²) in [6.45, 7) is 15.6. The van der Waals surface area contributed by atoms with Gasteiger partial charge in [-0.3, -0.25) is 4.79 Å². The van der Waals surface area contributed by atoms with E-state index < -0.39 is 12.1 Å². The number of carboxylic acids is 1. The van der Waals surface area contributed by atoms with Crippen LogP contribution in [0.4, 0.5) is 0 Å². The summed E-state index contributed by atoms with van der Waals surface area (Å²) >= 11 is 0. The van der Waals surface area contributed by atoms with Crippen molar-refractivity contribution in [2.45, 2.75) is 112 Å². The number of fused-ring (bicyclic) bond motifs is 4. The molecule has 190 valence electrons. The van der Waals surface area contributed by atoms with Crippen molar-refractivity contribution in [3.63, 3.8) is 0 Å². The van der Waals surface area contributed by atoms with Gasteiger partial charge in [0.15, 0.2) is 0 Å². The van der Waals surface area contributed by atoms with Crippen molar-refractivity contribution in [2.24, 2.45) is 39.4 Å². The quantitative estimate of drug-likeness (QED) is 0.345. The fraction of sp³-hybridized carbons (Fsp3) is 0.800. The molecule has 0 aromatic carbocycles. The minimum atomic E-state index is -0.913. The zero-order valence-corrected chi connectivity index (χ0v) is 22.5. The van der Waals surface area contributed by atoms with Crippen molar-refractivity contribution in [3.8, 4) is 0 Å². The first-order valence-electron chi connectivity index (χ1n) is 13.5. The lowest BCUT2D eigenvalue weighted by molar-refractivity contribution is -0.139. The van der Waals surface area contributed by atoms with E-state index >= 15 is 0 Å². The summed E-state index contributed by atoms with van der Waals surface area (Å²) < 4.78 is 0. The molecule has 4 heteroatoms. The molecule has 0 saturated heterocycles. The molecule has 34 heavy (non-hydrogen) atoms. The molecule has 0 aromatic rings. The van der Waals surface area contributed by atoms with E-state index in [1.54, 1.807) is 24.1 Å². The topological polar surface area (TPSA) is 74.6 Å². The maximum atomic E-state index is 12.8. The van der Waals surface area contributed by atoms with Crippen LogP contribution in [-0.2, 0) is 9.59 Å². The summed E-state index contributed by atoms with van der Waals surface area (Å²) in [6.07, 6.45) is 10.0. The number of aliphatic hydroxyl groups excluding tert-OH is 1. The molecule has 7 unspecified atom stereocenters. The van der Waals surface area contributed by atoms with Gasteiger partial charge in [-0.1, -0.05) is 58.8 Å². The van der Waals surface area contributed by atoms with Crippen LogP contribution in [0.2, 0.25) is 0 Å². The van der Waals surface area contributed by atoms with E-state index in [2.05, 4.69) is 41.5 Å². The lowest BCUT2D eigenvalue weighted by Gasteiger charge is -2.61. The number of Topliss-reactive ketones (excluding diaryl/α,β-unsaturated/α-hetero) is 1. The second-order valence-electron chi connectivity index (χ2n) is 13.4. The van der Waals surface area contributed by atoms with Gasteiger partial charge >= 0.3 is 5.97 Å². The van der Waals surface area contributed by atoms with E-state index in [1.807, 2.05) is 0 Å². The molecule has 4 aliphatic rings. The minimum absolute atomic E-state index is 0.130. The summed E-state index contributed by atoms with van der Waals surface area (Å²) in [7, 11) is 0. The van der Waals surface area contributed by atoms with Gasteiger partial charge in [0.25, 0.3) is 0 Å². The highest BCUT2D eigenvalue weighted by Crippen LogP contribution is 2.72. The standard InChI is InChI=1S/C30H46O4/c1-18(26(33)34)8-10-23(31)19(2)20-12-16-30(7)22-9-11-24-27(3,4)25(32)14-15-28(24,5)21(22)13-17-29(20,30)6/h8,19-20,23-24,31H,9-17H2,1-7H3,(H,33,34). The van der Waals surface area contributed by atoms with E-state index in [9.17, 15) is 14.7 Å². The Morgan fingerprint density at radius 3 is 2.35 bits per heavy atom. The Balaban J connectivity index is 1.63. The number of carbonyl (C=O) groups is 2. The van der Waals surface area contributed by atoms with Crippen LogP contribution in [-0.4, -0.2) is 28.1 Å². The molecule has 2 fully saturated rings. The third kappa shape index (κ3) is 3.49. The first-order valence-corrected chi connectivity index (χ1v) is 13.5. The molecule has 4 nitrogen and oxygen atoms in total. The fourth-order valence-electron chi connectivity index (χ4n) is 9.24. The van der Waals surface area contributed by atoms with Gasteiger partial charge in [-0.2, -0.15) is 0 Å². The van der Waals surface area contributed by atoms with E-state index in [-0.39, 0.29) is 27.6 Å². The molecule has 0 spiro atoms. The highest BCUT2D eigenvalue weighted by molar-refractivity contribution is 5.86. The summed E-state index contributed by atoms with van der Waals surface area (Å²) in [5, 5.41) is 20.2. The predicted molar refractivity (Wildman–Crippen MR) is 135 cm³/mol. The van der Waals surface area contributed by atoms with Crippen molar-refractivity contribution in [3.05, 3.63) is 22.8 Å². The van der Waals surface area contributed by atoms with Crippen LogP contribution in [0.1, 0.15) is 106 Å². The molecule has 2 saturated carbocycles. The van der Waals surface area contributed by atoms with Crippen LogP contribution >= 0.6 is 0 Å². The van der Waals surface area contributed by atoms with Crippen LogP contribution in [0.25, 0.3) is 0 Å². The third-order valence-corrected chi connectivity index (χ3v) is 11.8. The lowest BCUT2D eigenvalue weighted by Crippen LogP contribution is -2.54. The number of rotatable bonds is 5. The van der Waals surface area contributed by atoms with Crippen molar-refractivity contribution < 1.29 is 19.8 Å². The summed E-state index contributed by atoms with van der Waals surface area (Å²) in [5.74, 6) is 0.528. The van der Waals surface area contributed by atoms with Gasteiger partial charge in [0.05, 0.1) is 6.10 Å². The maximum Gasteiger partial charge on any atom is 0.330 e. The van der Waals surface area contributed by atoms with Gasteiger partial charge in [0.1, 0.15) is 5.78 Å². The molecule has 4 rings (SSSR count). The monoisotopic (exact) mass is 470 g/mol. The second-order valence-corrected chi connectivity index (χ2v) is 13.4. The molecular weight excluding hydrogens is 424 g/mol. The first kappa shape index (κ1) is 25.7. The lowest BCUT2D eigenvalue weighted by atomic mass is 9.43. The van der Waals surface area contributed by atoms with Gasteiger partial charge in [-0.25, -0.2) is 4.79 Å². The fourth-order valence-corrected chi connectivity index (χ4v) is 9.24. The van der Waals surface area contributed by atoms with Crippen molar-refractivity contribution in [1.29, 1.82) is 0 Å². The molecule has 7 atom stereocenters. The van der Waals surface area contributed by atoms with Crippen LogP contribution in [0.5, 0.6) is 0 Å². The average Bonchev–Trinajstić information content (AvgIpc) is 3.05. The zero-order valence-electron chi connectivity index (χ0n) is 22.5. The second kappa shape index (κ2) is 8.32. The Morgan fingerprint density at radius 2 is 1.71 bits per heavy atom. The molecule has 0 bridgehead atoms. The van der Waals surface area contributed by atoms with Gasteiger partial charge in [-0.15, -0.1) is 0 Å². The van der Waals surface area contributed by atoms with Crippen molar-refractivity contribution in [1.82, 2.24) is 0 Å². The number of ketones is 1. The largest absolute Gasteiger partial charge is 0.478 e. The van der Waals surface area contributed by atoms with Gasteiger partial charge in [0, 0.05) is 17.4 Å². The van der Waals surface area contributed by atoms with Crippen molar-refractivity contribution in [2.75, 3.05) is 0 Å². The molecule has 4 aliphatic carbocycles. The van der Waals surface area contributed by atoms with Crippen LogP contribution < -0.4 is 0 Å². The molecule has 2 N–H and O–H groups in total. The highest BCUT2D eigenvalue weighted by Gasteiger charge is 2.63. The number of hydrogen-bond acceptors (Lipinski definition) is 3. The Kier molecular flexibility index (Phi) is 6.28. The van der Waals surface area contributed by atoms with E-state index in [0.717, 1.165) is 44.9 Å². The summed E-state index contributed by atoms with van der Waals surface area (Å²) in [4.78, 5) is 24.0. The number of aliphatic carboxylic acids is 1. The minimum Gasteiger partial charge on any atom is -0.478 e. The Bertz CT molecular complexity index is 941. The maximum absolute atomic E-state index is 12.8. The van der Waals surface area contributed by atoms with Crippen LogP contribution in [0, 0.1) is 39.4 Å². The number of carbonyl (C=O) groups excluding carboxylic acids is 1. The first-order chi connectivity index (χ1) is 15.7. The van der Waals surface area contributed by atoms with Crippen LogP contribution in [0.3, 0.4) is 0 Å². The number of allylic oxidation sites excluding steroid dienone is 2. The smallest absolute Gasteiger partial charge is 0.330 e. The molecule has 0 radical (unpaired) electrons. The summed E-state index contributed by atoms with van der Waals surface area (Å²) in [6, 6.07) is 0. The Hall–Kier alpha value is -1.42. The zero-order chi connectivity index (χ0) is 25.3. The number of aliphatic hydroxyl groups is 1. The van der Waals surface area contributed by atoms with Gasteiger partial charge < -0.3 is 10.2 Å². The Morgan fingerprint density at radius 1 is 1.03 bits per heavy atom. The molecule has 0 heterocycles. The average molecular weight is 471 g/mol. The van der Waals surface area contributed by atoms with Gasteiger partial charge in [-0.05, 0) is 92.3 Å². The number of hydrogen-bond donors (Lipinski definition) is 2. The SMILES string of the molecule is CC(=CCC(O)C(C)C1CCC2(C)C3=C(CCC12C)C1(C)CCC(=O)C(C)(C)C1CC3)C(=O)O. The highest BCUT2D eigenvalue weighted by atomic mass is 16.4. The van der Waals surface area contributed by atoms with Gasteiger partial charge in [0.2, 0.25) is 0 Å². The Labute approximate surface area is 206 Å². The van der Waals surface area contributed by atoms with E-state index in [1.165, 1.54) is 0 Å². The van der Waals surface area contributed by atoms with Crippen LogP contribution in [0.15, 0.2) is 22.8 Å². The third-order valence-electron chi connectivity index (χ3n) is 11.8.